The van der Waals surface area contributed by atoms with Gasteiger partial charge in [-0.2, -0.15) is 0 Å². The Bertz CT molecular complexity index is 867. The van der Waals surface area contributed by atoms with Crippen LogP contribution in [0.2, 0.25) is 0 Å². The molecule has 4 heterocycles. The third kappa shape index (κ3) is 2.07. The van der Waals surface area contributed by atoms with Crippen LogP contribution in [0, 0.1) is 5.92 Å². The van der Waals surface area contributed by atoms with Gasteiger partial charge in [0, 0.05) is 18.6 Å². The van der Waals surface area contributed by atoms with Crippen LogP contribution in [0.15, 0.2) is 30.5 Å². The number of fused-ring (bicyclic) bond motifs is 5. The van der Waals surface area contributed by atoms with Gasteiger partial charge in [0.25, 0.3) is 0 Å². The highest BCUT2D eigenvalue weighted by Crippen LogP contribution is 2.36. The van der Waals surface area contributed by atoms with Crippen molar-refractivity contribution >= 4 is 21.9 Å². The first kappa shape index (κ1) is 13.5. The van der Waals surface area contributed by atoms with E-state index in [1.807, 2.05) is 12.3 Å². The van der Waals surface area contributed by atoms with Gasteiger partial charge in [0.15, 0.2) is 0 Å². The summed E-state index contributed by atoms with van der Waals surface area (Å²) in [6, 6.07) is 8.67. The summed E-state index contributed by atoms with van der Waals surface area (Å²) in [4.78, 5) is 9.35. The number of imidazole rings is 1. The molecule has 0 unspecified atom stereocenters. The van der Waals surface area contributed by atoms with Crippen LogP contribution in [0.1, 0.15) is 24.7 Å². The molecule has 2 aliphatic heterocycles. The lowest BCUT2D eigenvalue weighted by Gasteiger charge is -2.35. The summed E-state index contributed by atoms with van der Waals surface area (Å²) in [6.45, 7) is 3.05. The van der Waals surface area contributed by atoms with E-state index in [1.54, 1.807) is 0 Å². The van der Waals surface area contributed by atoms with E-state index in [9.17, 15) is 0 Å². The topological polar surface area (TPSA) is 49.2 Å². The molecule has 5 rings (SSSR count). The minimum atomic E-state index is 0.346. The Morgan fingerprint density at radius 3 is 2.83 bits per heavy atom. The standard InChI is InChI=1S/C18H19N3O2/c1-2-4-14-13(3-1)18-15(9-19-14)20-17-11-23-10-16(21(17)18)12-5-7-22-8-6-12/h1-4,9,12,16H,5-8,10-11H2/t16-/m1/s1. The van der Waals surface area contributed by atoms with Crippen molar-refractivity contribution in [2.45, 2.75) is 25.5 Å². The van der Waals surface area contributed by atoms with Gasteiger partial charge in [0.2, 0.25) is 0 Å². The summed E-state index contributed by atoms with van der Waals surface area (Å²) in [5.74, 6) is 1.62. The van der Waals surface area contributed by atoms with Gasteiger partial charge in [0.1, 0.15) is 17.9 Å². The van der Waals surface area contributed by atoms with Crippen molar-refractivity contribution in [3.8, 4) is 0 Å². The Kier molecular flexibility index (Phi) is 3.09. The molecule has 0 aliphatic carbocycles. The summed E-state index contributed by atoms with van der Waals surface area (Å²) in [6.07, 6.45) is 4.08. The van der Waals surface area contributed by atoms with Crippen LogP contribution in [-0.2, 0) is 16.1 Å². The van der Waals surface area contributed by atoms with Crippen molar-refractivity contribution in [2.75, 3.05) is 19.8 Å². The van der Waals surface area contributed by atoms with Gasteiger partial charge in [-0.05, 0) is 24.8 Å². The Morgan fingerprint density at radius 2 is 1.91 bits per heavy atom. The van der Waals surface area contributed by atoms with Gasteiger partial charge >= 0.3 is 0 Å². The van der Waals surface area contributed by atoms with Gasteiger partial charge in [-0.15, -0.1) is 0 Å². The second-order valence-corrected chi connectivity index (χ2v) is 6.44. The molecule has 0 saturated carbocycles. The number of rotatable bonds is 1. The van der Waals surface area contributed by atoms with Crippen LogP contribution in [0.5, 0.6) is 0 Å². The molecule has 5 heteroatoms. The average molecular weight is 309 g/mol. The smallest absolute Gasteiger partial charge is 0.136 e. The van der Waals surface area contributed by atoms with E-state index < -0.39 is 0 Å². The Balaban J connectivity index is 1.75. The van der Waals surface area contributed by atoms with Crippen LogP contribution in [-0.4, -0.2) is 34.4 Å². The number of hydrogen-bond donors (Lipinski definition) is 0. The minimum Gasteiger partial charge on any atom is -0.381 e. The van der Waals surface area contributed by atoms with Crippen LogP contribution >= 0.6 is 0 Å². The molecule has 1 atom stereocenters. The highest BCUT2D eigenvalue weighted by atomic mass is 16.5. The first-order valence-corrected chi connectivity index (χ1v) is 8.32. The molecule has 0 spiro atoms. The lowest BCUT2D eigenvalue weighted by Crippen LogP contribution is -2.33. The summed E-state index contributed by atoms with van der Waals surface area (Å²) in [5.41, 5.74) is 3.21. The fraction of sp³-hybridized carbons (Fsp3) is 0.444. The van der Waals surface area contributed by atoms with Crippen LogP contribution in [0.25, 0.3) is 21.9 Å². The normalized spacial score (nSPS) is 22.5. The Morgan fingerprint density at radius 1 is 1.04 bits per heavy atom. The predicted octanol–water partition coefficient (Wildman–Crippen LogP) is 3.08. The number of hydrogen-bond acceptors (Lipinski definition) is 4. The van der Waals surface area contributed by atoms with E-state index in [0.29, 0.717) is 18.6 Å². The summed E-state index contributed by atoms with van der Waals surface area (Å²) >= 11 is 0. The summed E-state index contributed by atoms with van der Waals surface area (Å²) in [5, 5.41) is 1.18. The van der Waals surface area contributed by atoms with Crippen molar-refractivity contribution in [1.29, 1.82) is 0 Å². The maximum atomic E-state index is 5.86. The van der Waals surface area contributed by atoms with Crippen molar-refractivity contribution in [2.24, 2.45) is 5.92 Å². The second kappa shape index (κ2) is 5.28. The van der Waals surface area contributed by atoms with E-state index in [2.05, 4.69) is 27.8 Å². The molecule has 1 aromatic carbocycles. The molecule has 0 amide bonds. The van der Waals surface area contributed by atoms with Crippen LogP contribution in [0.4, 0.5) is 0 Å². The maximum absolute atomic E-state index is 5.86. The molecule has 23 heavy (non-hydrogen) atoms. The number of para-hydroxylation sites is 1. The molecule has 2 aromatic heterocycles. The molecule has 1 saturated heterocycles. The largest absolute Gasteiger partial charge is 0.381 e. The van der Waals surface area contributed by atoms with Crippen molar-refractivity contribution in [1.82, 2.24) is 14.5 Å². The molecule has 3 aromatic rings. The SMILES string of the molecule is c1ccc2c(c1)ncc1nc3n(c12)[C@@H](C1CCOCC1)COC3. The van der Waals surface area contributed by atoms with Crippen LogP contribution < -0.4 is 0 Å². The van der Waals surface area contributed by atoms with Gasteiger partial charge in [-0.3, -0.25) is 4.98 Å². The van der Waals surface area contributed by atoms with E-state index in [1.165, 1.54) is 10.9 Å². The first-order valence-electron chi connectivity index (χ1n) is 8.32. The lowest BCUT2D eigenvalue weighted by molar-refractivity contribution is -0.00320. The minimum absolute atomic E-state index is 0.346. The Labute approximate surface area is 134 Å². The van der Waals surface area contributed by atoms with Gasteiger partial charge in [0.05, 0.1) is 29.9 Å². The van der Waals surface area contributed by atoms with Crippen molar-refractivity contribution in [3.05, 3.63) is 36.3 Å². The van der Waals surface area contributed by atoms with Crippen molar-refractivity contribution in [3.63, 3.8) is 0 Å². The highest BCUT2D eigenvalue weighted by molar-refractivity contribution is 6.02. The fourth-order valence-corrected chi connectivity index (χ4v) is 4.03. The molecule has 0 N–H and O–H groups in total. The third-order valence-electron chi connectivity index (χ3n) is 5.16. The third-order valence-corrected chi connectivity index (χ3v) is 5.16. The number of nitrogens with zero attached hydrogens (tertiary/aromatic N) is 3. The van der Waals surface area contributed by atoms with E-state index in [-0.39, 0.29) is 0 Å². The molecule has 5 nitrogen and oxygen atoms in total. The molecule has 0 radical (unpaired) electrons. The second-order valence-electron chi connectivity index (χ2n) is 6.44. The van der Waals surface area contributed by atoms with Gasteiger partial charge in [-0.1, -0.05) is 18.2 Å². The van der Waals surface area contributed by atoms with E-state index >= 15 is 0 Å². The van der Waals surface area contributed by atoms with E-state index in [4.69, 9.17) is 14.5 Å². The van der Waals surface area contributed by atoms with Gasteiger partial charge in [-0.25, -0.2) is 4.98 Å². The zero-order valence-electron chi connectivity index (χ0n) is 12.9. The monoisotopic (exact) mass is 309 g/mol. The molecule has 1 fully saturated rings. The molecular weight excluding hydrogens is 290 g/mol. The molecule has 118 valence electrons. The molecule has 2 aliphatic rings. The first-order chi connectivity index (χ1) is 11.4. The summed E-state index contributed by atoms with van der Waals surface area (Å²) in [7, 11) is 0. The van der Waals surface area contributed by atoms with E-state index in [0.717, 1.165) is 49.5 Å². The number of pyridine rings is 1. The molecular formula is C18H19N3O2. The predicted molar refractivity (Wildman–Crippen MR) is 87.3 cm³/mol. The quantitative estimate of drug-likeness (QED) is 0.693. The zero-order chi connectivity index (χ0) is 15.2. The number of benzene rings is 1. The lowest BCUT2D eigenvalue weighted by atomic mass is 9.91. The van der Waals surface area contributed by atoms with Gasteiger partial charge < -0.3 is 14.0 Å². The Hall–Kier alpha value is -1.98. The number of aromatic nitrogens is 3. The maximum Gasteiger partial charge on any atom is 0.136 e. The zero-order valence-corrected chi connectivity index (χ0v) is 12.9. The van der Waals surface area contributed by atoms with Crippen molar-refractivity contribution < 1.29 is 9.47 Å². The number of ether oxygens (including phenoxy) is 2. The fourth-order valence-electron chi connectivity index (χ4n) is 4.03. The highest BCUT2D eigenvalue weighted by Gasteiger charge is 2.32. The average Bonchev–Trinajstić information content (AvgIpc) is 3.01. The van der Waals surface area contributed by atoms with Crippen LogP contribution in [0.3, 0.4) is 0 Å². The molecule has 0 bridgehead atoms. The summed E-state index contributed by atoms with van der Waals surface area (Å²) < 4.78 is 13.8.